The van der Waals surface area contributed by atoms with Crippen molar-refractivity contribution in [2.75, 3.05) is 32.8 Å². The van der Waals surface area contributed by atoms with Crippen LogP contribution in [-0.2, 0) is 4.74 Å². The summed E-state index contributed by atoms with van der Waals surface area (Å²) in [6.07, 6.45) is 1.66. The first kappa shape index (κ1) is 18.3. The molecule has 1 atom stereocenters. The topological polar surface area (TPSA) is 67.9 Å². The van der Waals surface area contributed by atoms with Gasteiger partial charge in [-0.1, -0.05) is 15.9 Å². The lowest BCUT2D eigenvalue weighted by Gasteiger charge is -2.33. The zero-order valence-corrected chi connectivity index (χ0v) is 16.6. The number of aryl methyl sites for hydroxylation is 1. The van der Waals surface area contributed by atoms with E-state index in [-0.39, 0.29) is 11.9 Å². The first-order chi connectivity index (χ1) is 13.1. The van der Waals surface area contributed by atoms with E-state index in [1.54, 1.807) is 6.26 Å². The molecule has 0 saturated carbocycles. The first-order valence-corrected chi connectivity index (χ1v) is 9.75. The summed E-state index contributed by atoms with van der Waals surface area (Å²) in [7, 11) is 0. The van der Waals surface area contributed by atoms with E-state index < -0.39 is 0 Å². The molecule has 0 bridgehead atoms. The SMILES string of the molecule is Cc1c(C(=O)NC[C@H](c2ccco2)N2CCOCC2)oc2ccc(Br)cc12. The van der Waals surface area contributed by atoms with Crippen molar-refractivity contribution in [2.24, 2.45) is 0 Å². The average molecular weight is 433 g/mol. The van der Waals surface area contributed by atoms with Gasteiger partial charge in [-0.25, -0.2) is 0 Å². The van der Waals surface area contributed by atoms with Gasteiger partial charge < -0.3 is 18.9 Å². The highest BCUT2D eigenvalue weighted by Crippen LogP contribution is 2.28. The van der Waals surface area contributed by atoms with E-state index in [2.05, 4.69) is 26.1 Å². The van der Waals surface area contributed by atoms with Crippen LogP contribution in [0.3, 0.4) is 0 Å². The average Bonchev–Trinajstić information content (AvgIpc) is 3.32. The largest absolute Gasteiger partial charge is 0.468 e. The molecule has 6 nitrogen and oxygen atoms in total. The van der Waals surface area contributed by atoms with Gasteiger partial charge in [0.1, 0.15) is 11.3 Å². The summed E-state index contributed by atoms with van der Waals surface area (Å²) in [6, 6.07) is 9.50. The molecular formula is C20H21BrN2O4. The first-order valence-electron chi connectivity index (χ1n) is 8.95. The number of ether oxygens (including phenoxy) is 1. The number of hydrogen-bond donors (Lipinski definition) is 1. The van der Waals surface area contributed by atoms with Gasteiger partial charge in [-0.05, 0) is 37.3 Å². The highest BCUT2D eigenvalue weighted by atomic mass is 79.9. The Bertz CT molecular complexity index is 929. The summed E-state index contributed by atoms with van der Waals surface area (Å²) in [5.41, 5.74) is 1.54. The molecule has 1 N–H and O–H groups in total. The Morgan fingerprint density at radius 3 is 2.85 bits per heavy atom. The molecule has 1 aliphatic heterocycles. The summed E-state index contributed by atoms with van der Waals surface area (Å²) in [5, 5.41) is 3.95. The van der Waals surface area contributed by atoms with Gasteiger partial charge in [-0.2, -0.15) is 0 Å². The Kier molecular flexibility index (Phi) is 5.33. The van der Waals surface area contributed by atoms with Crippen LogP contribution in [0.1, 0.15) is 27.9 Å². The van der Waals surface area contributed by atoms with Crippen LogP contribution in [0.4, 0.5) is 0 Å². The summed E-state index contributed by atoms with van der Waals surface area (Å²) in [6.45, 7) is 5.31. The number of carbonyl (C=O) groups excluding carboxylic acids is 1. The minimum absolute atomic E-state index is 0.0355. The van der Waals surface area contributed by atoms with E-state index in [1.165, 1.54) is 0 Å². The van der Waals surface area contributed by atoms with Crippen LogP contribution in [0.15, 0.2) is 49.9 Å². The molecule has 1 saturated heterocycles. The molecule has 27 heavy (non-hydrogen) atoms. The molecule has 1 aromatic carbocycles. The van der Waals surface area contributed by atoms with Gasteiger partial charge >= 0.3 is 0 Å². The highest BCUT2D eigenvalue weighted by Gasteiger charge is 2.26. The monoisotopic (exact) mass is 432 g/mol. The smallest absolute Gasteiger partial charge is 0.287 e. The Morgan fingerprint density at radius 2 is 2.11 bits per heavy atom. The van der Waals surface area contributed by atoms with Crippen molar-refractivity contribution in [1.29, 1.82) is 0 Å². The number of rotatable bonds is 5. The molecule has 0 spiro atoms. The minimum Gasteiger partial charge on any atom is -0.468 e. The third kappa shape index (κ3) is 3.81. The Hall–Kier alpha value is -2.09. The fraction of sp³-hybridized carbons (Fsp3) is 0.350. The third-order valence-electron chi connectivity index (χ3n) is 4.92. The number of carbonyl (C=O) groups is 1. The molecule has 3 aromatic rings. The number of hydrogen-bond acceptors (Lipinski definition) is 5. The van der Waals surface area contributed by atoms with Crippen LogP contribution in [0, 0.1) is 6.92 Å². The zero-order chi connectivity index (χ0) is 18.8. The van der Waals surface area contributed by atoms with Crippen LogP contribution in [0.25, 0.3) is 11.0 Å². The summed E-state index contributed by atoms with van der Waals surface area (Å²) >= 11 is 3.46. The van der Waals surface area contributed by atoms with Crippen LogP contribution in [0.5, 0.6) is 0 Å². The number of fused-ring (bicyclic) bond motifs is 1. The second-order valence-electron chi connectivity index (χ2n) is 6.59. The van der Waals surface area contributed by atoms with E-state index in [0.29, 0.717) is 31.1 Å². The fourth-order valence-corrected chi connectivity index (χ4v) is 3.82. The minimum atomic E-state index is -0.218. The fourth-order valence-electron chi connectivity index (χ4n) is 3.46. The maximum atomic E-state index is 12.8. The van der Waals surface area contributed by atoms with Crippen molar-refractivity contribution in [3.8, 4) is 0 Å². The quantitative estimate of drug-likeness (QED) is 0.661. The number of nitrogens with zero attached hydrogens (tertiary/aromatic N) is 1. The van der Waals surface area contributed by atoms with E-state index in [1.807, 2.05) is 37.3 Å². The second kappa shape index (κ2) is 7.88. The van der Waals surface area contributed by atoms with Gasteiger partial charge in [0.25, 0.3) is 5.91 Å². The number of halogens is 1. The molecule has 0 unspecified atom stereocenters. The molecule has 0 radical (unpaired) electrons. The van der Waals surface area contributed by atoms with E-state index >= 15 is 0 Å². The molecule has 4 rings (SSSR count). The summed E-state index contributed by atoms with van der Waals surface area (Å²) in [4.78, 5) is 15.1. The van der Waals surface area contributed by atoms with Gasteiger partial charge in [0.05, 0.1) is 25.5 Å². The molecule has 2 aromatic heterocycles. The van der Waals surface area contributed by atoms with E-state index in [9.17, 15) is 4.79 Å². The van der Waals surface area contributed by atoms with Gasteiger partial charge in [0.2, 0.25) is 0 Å². The molecule has 7 heteroatoms. The molecule has 1 amide bonds. The standard InChI is InChI=1S/C20H21BrN2O4/c1-13-15-11-14(21)4-5-17(15)27-19(13)20(24)22-12-16(18-3-2-8-26-18)23-6-9-25-10-7-23/h2-5,8,11,16H,6-7,9-10,12H2,1H3,(H,22,24)/t16-/m1/s1. The van der Waals surface area contributed by atoms with E-state index in [0.717, 1.165) is 34.3 Å². The number of amides is 1. The Balaban J connectivity index is 1.52. The molecule has 142 valence electrons. The highest BCUT2D eigenvalue weighted by molar-refractivity contribution is 9.10. The van der Waals surface area contributed by atoms with Crippen molar-refractivity contribution in [2.45, 2.75) is 13.0 Å². The van der Waals surface area contributed by atoms with E-state index in [4.69, 9.17) is 13.6 Å². The predicted octanol–water partition coefficient (Wildman–Crippen LogP) is 3.90. The molecule has 1 aliphatic rings. The van der Waals surface area contributed by atoms with Crippen molar-refractivity contribution in [3.05, 3.63) is 58.2 Å². The van der Waals surface area contributed by atoms with Crippen LogP contribution in [-0.4, -0.2) is 43.7 Å². The number of furan rings is 2. The van der Waals surface area contributed by atoms with Crippen LogP contribution in [0.2, 0.25) is 0 Å². The maximum Gasteiger partial charge on any atom is 0.287 e. The normalized spacial score (nSPS) is 16.5. The maximum absolute atomic E-state index is 12.8. The Labute approximate surface area is 165 Å². The molecule has 0 aliphatic carbocycles. The number of morpholine rings is 1. The van der Waals surface area contributed by atoms with Crippen LogP contribution >= 0.6 is 15.9 Å². The molecule has 3 heterocycles. The summed E-state index contributed by atoms with van der Waals surface area (Å²) < 4.78 is 17.8. The van der Waals surface area contributed by atoms with Crippen LogP contribution < -0.4 is 5.32 Å². The summed E-state index contributed by atoms with van der Waals surface area (Å²) in [5.74, 6) is 0.968. The lowest BCUT2D eigenvalue weighted by Crippen LogP contribution is -2.43. The van der Waals surface area contributed by atoms with Gasteiger partial charge in [0, 0.05) is 35.1 Å². The second-order valence-corrected chi connectivity index (χ2v) is 7.50. The Morgan fingerprint density at radius 1 is 1.30 bits per heavy atom. The lowest BCUT2D eigenvalue weighted by atomic mass is 10.1. The number of nitrogens with one attached hydrogen (secondary N) is 1. The van der Waals surface area contributed by atoms with Gasteiger partial charge in [-0.15, -0.1) is 0 Å². The third-order valence-corrected chi connectivity index (χ3v) is 5.41. The van der Waals surface area contributed by atoms with Crippen molar-refractivity contribution >= 4 is 32.8 Å². The molecular weight excluding hydrogens is 412 g/mol. The van der Waals surface area contributed by atoms with Gasteiger partial charge in [0.15, 0.2) is 5.76 Å². The van der Waals surface area contributed by atoms with Crippen molar-refractivity contribution in [3.63, 3.8) is 0 Å². The number of benzene rings is 1. The predicted molar refractivity (Wildman–Crippen MR) is 105 cm³/mol. The van der Waals surface area contributed by atoms with Crippen molar-refractivity contribution in [1.82, 2.24) is 10.2 Å². The van der Waals surface area contributed by atoms with Crippen molar-refractivity contribution < 1.29 is 18.4 Å². The molecule has 1 fully saturated rings. The zero-order valence-electron chi connectivity index (χ0n) is 15.0. The lowest BCUT2D eigenvalue weighted by molar-refractivity contribution is 0.0117. The van der Waals surface area contributed by atoms with Gasteiger partial charge in [-0.3, -0.25) is 9.69 Å².